The van der Waals surface area contributed by atoms with Crippen LogP contribution in [0.1, 0.15) is 24.5 Å². The molecule has 0 aromatic heterocycles. The van der Waals surface area contributed by atoms with Crippen LogP contribution in [0.3, 0.4) is 0 Å². The molecule has 0 bridgehead atoms. The molecule has 18 heavy (non-hydrogen) atoms. The van der Waals surface area contributed by atoms with E-state index < -0.39 is 6.10 Å². The predicted octanol–water partition coefficient (Wildman–Crippen LogP) is 1.97. The Bertz CT molecular complexity index is 363. The van der Waals surface area contributed by atoms with Crippen molar-refractivity contribution in [2.24, 2.45) is 0 Å². The Hall–Kier alpha value is -0.970. The summed E-state index contributed by atoms with van der Waals surface area (Å²) in [6, 6.07) is 6.00. The van der Waals surface area contributed by atoms with Crippen molar-refractivity contribution in [2.45, 2.75) is 25.0 Å². The minimum absolute atomic E-state index is 0.279. The van der Waals surface area contributed by atoms with E-state index in [4.69, 9.17) is 4.74 Å². The Morgan fingerprint density at radius 1 is 1.44 bits per heavy atom. The van der Waals surface area contributed by atoms with Crippen molar-refractivity contribution in [1.82, 2.24) is 4.90 Å². The van der Waals surface area contributed by atoms with Gasteiger partial charge in [-0.1, -0.05) is 12.1 Å². The highest BCUT2D eigenvalue weighted by Crippen LogP contribution is 2.17. The lowest BCUT2D eigenvalue weighted by Gasteiger charge is -2.23. The number of halogens is 1. The zero-order valence-corrected chi connectivity index (χ0v) is 10.7. The molecule has 0 amide bonds. The highest BCUT2D eigenvalue weighted by atomic mass is 19.1. The molecule has 0 saturated carbocycles. The van der Waals surface area contributed by atoms with E-state index in [1.807, 2.05) is 7.05 Å². The first-order chi connectivity index (χ1) is 8.65. The number of likely N-dealkylation sites (N-methyl/N-ethyl adjacent to an activating group) is 1. The van der Waals surface area contributed by atoms with E-state index in [0.717, 1.165) is 31.6 Å². The molecule has 2 atom stereocenters. The lowest BCUT2D eigenvalue weighted by Crippen LogP contribution is -2.32. The van der Waals surface area contributed by atoms with Crippen molar-refractivity contribution >= 4 is 0 Å². The fraction of sp³-hybridized carbons (Fsp3) is 0.571. The van der Waals surface area contributed by atoms with Crippen molar-refractivity contribution in [2.75, 3.05) is 26.7 Å². The lowest BCUT2D eigenvalue weighted by atomic mass is 10.1. The van der Waals surface area contributed by atoms with Crippen molar-refractivity contribution in [3.8, 4) is 0 Å². The maximum absolute atomic E-state index is 12.8. The predicted molar refractivity (Wildman–Crippen MR) is 67.8 cm³/mol. The molecule has 2 unspecified atom stereocenters. The molecular formula is C14H20FNO2. The summed E-state index contributed by atoms with van der Waals surface area (Å²) < 4.78 is 18.3. The van der Waals surface area contributed by atoms with Gasteiger partial charge in [0.25, 0.3) is 0 Å². The third-order valence-electron chi connectivity index (χ3n) is 3.28. The summed E-state index contributed by atoms with van der Waals surface area (Å²) in [5.41, 5.74) is 0.746. The number of hydrogen-bond acceptors (Lipinski definition) is 3. The highest BCUT2D eigenvalue weighted by Gasteiger charge is 2.19. The number of aliphatic hydroxyl groups excluding tert-OH is 1. The molecule has 1 aromatic rings. The van der Waals surface area contributed by atoms with E-state index in [2.05, 4.69) is 4.90 Å². The Morgan fingerprint density at radius 3 is 2.78 bits per heavy atom. The minimum Gasteiger partial charge on any atom is -0.387 e. The molecule has 1 heterocycles. The Kier molecular flexibility index (Phi) is 4.69. The highest BCUT2D eigenvalue weighted by molar-refractivity contribution is 5.18. The van der Waals surface area contributed by atoms with Crippen molar-refractivity contribution in [3.05, 3.63) is 35.6 Å². The number of nitrogens with zero attached hydrogens (tertiary/aromatic N) is 1. The van der Waals surface area contributed by atoms with Crippen LogP contribution in [0.15, 0.2) is 24.3 Å². The van der Waals surface area contributed by atoms with Crippen LogP contribution in [0.25, 0.3) is 0 Å². The Morgan fingerprint density at radius 2 is 2.17 bits per heavy atom. The van der Waals surface area contributed by atoms with E-state index in [1.165, 1.54) is 12.1 Å². The summed E-state index contributed by atoms with van der Waals surface area (Å²) in [7, 11) is 1.97. The first-order valence-electron chi connectivity index (χ1n) is 6.39. The zero-order chi connectivity index (χ0) is 13.0. The Labute approximate surface area is 107 Å². The van der Waals surface area contributed by atoms with E-state index in [0.29, 0.717) is 6.54 Å². The van der Waals surface area contributed by atoms with E-state index in [-0.39, 0.29) is 11.9 Å². The Balaban J connectivity index is 1.82. The van der Waals surface area contributed by atoms with Gasteiger partial charge in [0.05, 0.1) is 12.2 Å². The quantitative estimate of drug-likeness (QED) is 0.871. The second kappa shape index (κ2) is 6.27. The molecule has 2 rings (SSSR count). The van der Waals surface area contributed by atoms with Gasteiger partial charge in [0.15, 0.2) is 0 Å². The molecule has 1 aliphatic rings. The van der Waals surface area contributed by atoms with E-state index in [9.17, 15) is 9.50 Å². The van der Waals surface area contributed by atoms with E-state index in [1.54, 1.807) is 12.1 Å². The second-order valence-electron chi connectivity index (χ2n) is 4.92. The third kappa shape index (κ3) is 3.77. The van der Waals surface area contributed by atoms with Crippen LogP contribution in [0.5, 0.6) is 0 Å². The standard InChI is InChI=1S/C14H20FNO2/c1-16(9-13-3-2-8-18-13)10-14(17)11-4-6-12(15)7-5-11/h4-7,13-14,17H,2-3,8-10H2,1H3. The van der Waals surface area contributed by atoms with Gasteiger partial charge in [-0.3, -0.25) is 0 Å². The molecule has 1 N–H and O–H groups in total. The summed E-state index contributed by atoms with van der Waals surface area (Å²) in [6.07, 6.45) is 1.92. The van der Waals surface area contributed by atoms with Crippen LogP contribution in [0.4, 0.5) is 4.39 Å². The van der Waals surface area contributed by atoms with Gasteiger partial charge in [-0.15, -0.1) is 0 Å². The average molecular weight is 253 g/mol. The van der Waals surface area contributed by atoms with Crippen molar-refractivity contribution < 1.29 is 14.2 Å². The van der Waals surface area contributed by atoms with Crippen LogP contribution in [0, 0.1) is 5.82 Å². The molecule has 1 saturated heterocycles. The maximum atomic E-state index is 12.8. The molecular weight excluding hydrogens is 233 g/mol. The SMILES string of the molecule is CN(CC1CCCO1)CC(O)c1ccc(F)cc1. The molecule has 4 heteroatoms. The molecule has 1 aliphatic heterocycles. The van der Waals surface area contributed by atoms with Crippen LogP contribution in [0.2, 0.25) is 0 Å². The average Bonchev–Trinajstić information content (AvgIpc) is 2.82. The maximum Gasteiger partial charge on any atom is 0.123 e. The van der Waals surface area contributed by atoms with Crippen LogP contribution < -0.4 is 0 Å². The second-order valence-corrected chi connectivity index (χ2v) is 4.92. The third-order valence-corrected chi connectivity index (χ3v) is 3.28. The molecule has 3 nitrogen and oxygen atoms in total. The number of ether oxygens (including phenoxy) is 1. The summed E-state index contributed by atoms with van der Waals surface area (Å²) in [4.78, 5) is 2.06. The molecule has 1 fully saturated rings. The normalized spacial score (nSPS) is 21.4. The summed E-state index contributed by atoms with van der Waals surface area (Å²) >= 11 is 0. The summed E-state index contributed by atoms with van der Waals surface area (Å²) in [6.45, 7) is 2.21. The van der Waals surface area contributed by atoms with Gasteiger partial charge in [-0.2, -0.15) is 0 Å². The summed E-state index contributed by atoms with van der Waals surface area (Å²) in [5, 5.41) is 10.1. The first-order valence-corrected chi connectivity index (χ1v) is 6.39. The van der Waals surface area contributed by atoms with Gasteiger partial charge < -0.3 is 14.7 Å². The van der Waals surface area contributed by atoms with Crippen LogP contribution >= 0.6 is 0 Å². The van der Waals surface area contributed by atoms with Gasteiger partial charge in [0.1, 0.15) is 5.82 Å². The summed E-state index contributed by atoms with van der Waals surface area (Å²) in [5.74, 6) is -0.279. The number of benzene rings is 1. The number of rotatable bonds is 5. The van der Waals surface area contributed by atoms with Crippen LogP contribution in [-0.4, -0.2) is 42.9 Å². The van der Waals surface area contributed by atoms with E-state index >= 15 is 0 Å². The monoisotopic (exact) mass is 253 g/mol. The minimum atomic E-state index is -0.586. The molecule has 0 radical (unpaired) electrons. The molecule has 0 spiro atoms. The smallest absolute Gasteiger partial charge is 0.123 e. The molecule has 1 aromatic carbocycles. The first kappa shape index (κ1) is 13.5. The van der Waals surface area contributed by atoms with Gasteiger partial charge in [-0.25, -0.2) is 4.39 Å². The fourth-order valence-electron chi connectivity index (χ4n) is 2.30. The van der Waals surface area contributed by atoms with Crippen LogP contribution in [-0.2, 0) is 4.74 Å². The van der Waals surface area contributed by atoms with Crippen molar-refractivity contribution in [3.63, 3.8) is 0 Å². The number of hydrogen-bond donors (Lipinski definition) is 1. The zero-order valence-electron chi connectivity index (χ0n) is 10.7. The number of aliphatic hydroxyl groups is 1. The molecule has 100 valence electrons. The lowest BCUT2D eigenvalue weighted by molar-refractivity contribution is 0.0602. The van der Waals surface area contributed by atoms with Gasteiger partial charge in [0, 0.05) is 19.7 Å². The molecule has 0 aliphatic carbocycles. The van der Waals surface area contributed by atoms with Gasteiger partial charge in [0.2, 0.25) is 0 Å². The largest absolute Gasteiger partial charge is 0.387 e. The van der Waals surface area contributed by atoms with Crippen molar-refractivity contribution in [1.29, 1.82) is 0 Å². The van der Waals surface area contributed by atoms with Gasteiger partial charge >= 0.3 is 0 Å². The topological polar surface area (TPSA) is 32.7 Å². The fourth-order valence-corrected chi connectivity index (χ4v) is 2.30. The van der Waals surface area contributed by atoms with Gasteiger partial charge in [-0.05, 0) is 37.6 Å².